The SMILES string of the molecule is CCOC(=O)C=C(C)c1ccc(C(O)c2cccnc2)cc1. The third-order valence-electron chi connectivity index (χ3n) is 3.30. The van der Waals surface area contributed by atoms with Gasteiger partial charge in [-0.15, -0.1) is 0 Å². The summed E-state index contributed by atoms with van der Waals surface area (Å²) in [5, 5.41) is 10.3. The quantitative estimate of drug-likeness (QED) is 0.680. The third kappa shape index (κ3) is 4.02. The van der Waals surface area contributed by atoms with E-state index in [1.165, 1.54) is 6.08 Å². The van der Waals surface area contributed by atoms with Crippen molar-refractivity contribution in [1.29, 1.82) is 0 Å². The van der Waals surface area contributed by atoms with E-state index in [1.807, 2.05) is 37.3 Å². The van der Waals surface area contributed by atoms with Gasteiger partial charge in [-0.05, 0) is 36.6 Å². The number of aromatic nitrogens is 1. The number of carbonyl (C=O) groups excluding carboxylic acids is 1. The first-order valence-corrected chi connectivity index (χ1v) is 7.15. The summed E-state index contributed by atoms with van der Waals surface area (Å²) in [5.41, 5.74) is 3.26. The molecule has 4 heteroatoms. The number of nitrogens with zero attached hydrogens (tertiary/aromatic N) is 1. The summed E-state index contributed by atoms with van der Waals surface area (Å²) < 4.78 is 4.89. The second-order valence-electron chi connectivity index (χ2n) is 4.89. The van der Waals surface area contributed by atoms with Crippen LogP contribution in [0.3, 0.4) is 0 Å². The Morgan fingerprint density at radius 2 is 2.00 bits per heavy atom. The standard InChI is InChI=1S/C18H19NO3/c1-3-22-17(20)11-13(2)14-6-8-15(9-7-14)18(21)16-5-4-10-19-12-16/h4-12,18,21H,3H2,1-2H3. The largest absolute Gasteiger partial charge is 0.463 e. The van der Waals surface area contributed by atoms with Crippen molar-refractivity contribution in [3.63, 3.8) is 0 Å². The summed E-state index contributed by atoms with van der Waals surface area (Å²) in [4.78, 5) is 15.4. The zero-order valence-corrected chi connectivity index (χ0v) is 12.7. The molecule has 0 fully saturated rings. The van der Waals surface area contributed by atoms with Crippen LogP contribution >= 0.6 is 0 Å². The average Bonchev–Trinajstić information content (AvgIpc) is 2.55. The summed E-state index contributed by atoms with van der Waals surface area (Å²) in [6.45, 7) is 3.98. The molecule has 1 aromatic heterocycles. The number of hydrogen-bond donors (Lipinski definition) is 1. The van der Waals surface area contributed by atoms with Crippen molar-refractivity contribution in [1.82, 2.24) is 4.98 Å². The van der Waals surface area contributed by atoms with Crippen LogP contribution in [0.4, 0.5) is 0 Å². The number of pyridine rings is 1. The van der Waals surface area contributed by atoms with E-state index in [-0.39, 0.29) is 5.97 Å². The lowest BCUT2D eigenvalue weighted by Crippen LogP contribution is -2.01. The summed E-state index contributed by atoms with van der Waals surface area (Å²) in [6.07, 6.45) is 4.07. The van der Waals surface area contributed by atoms with Crippen LogP contribution in [-0.2, 0) is 9.53 Å². The molecule has 0 radical (unpaired) electrons. The molecule has 114 valence electrons. The number of esters is 1. The van der Waals surface area contributed by atoms with E-state index < -0.39 is 6.10 Å². The molecule has 0 aliphatic rings. The van der Waals surface area contributed by atoms with Gasteiger partial charge in [0.1, 0.15) is 6.10 Å². The molecule has 1 heterocycles. The van der Waals surface area contributed by atoms with Crippen LogP contribution in [-0.4, -0.2) is 22.7 Å². The van der Waals surface area contributed by atoms with Crippen molar-refractivity contribution in [3.8, 4) is 0 Å². The Kier molecular flexibility index (Phi) is 5.44. The van der Waals surface area contributed by atoms with E-state index in [9.17, 15) is 9.90 Å². The number of rotatable bonds is 5. The highest BCUT2D eigenvalue weighted by Gasteiger charge is 2.10. The van der Waals surface area contributed by atoms with Gasteiger partial charge in [0.25, 0.3) is 0 Å². The summed E-state index contributed by atoms with van der Waals surface area (Å²) in [7, 11) is 0. The van der Waals surface area contributed by atoms with Crippen LogP contribution in [0.2, 0.25) is 0 Å². The van der Waals surface area contributed by atoms with Gasteiger partial charge in [0.15, 0.2) is 0 Å². The molecule has 22 heavy (non-hydrogen) atoms. The molecule has 2 rings (SSSR count). The first kappa shape index (κ1) is 15.9. The van der Waals surface area contributed by atoms with Gasteiger partial charge in [-0.3, -0.25) is 4.98 Å². The van der Waals surface area contributed by atoms with Crippen LogP contribution in [0.1, 0.15) is 36.6 Å². The molecule has 1 unspecified atom stereocenters. The molecule has 0 aliphatic carbocycles. The lowest BCUT2D eigenvalue weighted by atomic mass is 9.99. The fourth-order valence-electron chi connectivity index (χ4n) is 2.10. The molecule has 1 aromatic carbocycles. The Balaban J connectivity index is 2.15. The predicted octanol–water partition coefficient (Wildman–Crippen LogP) is 3.13. The average molecular weight is 297 g/mol. The van der Waals surface area contributed by atoms with Gasteiger partial charge in [0.2, 0.25) is 0 Å². The molecule has 0 aliphatic heterocycles. The van der Waals surface area contributed by atoms with E-state index in [4.69, 9.17) is 4.74 Å². The second kappa shape index (κ2) is 7.52. The normalized spacial score (nSPS) is 12.8. The van der Waals surface area contributed by atoms with Gasteiger partial charge in [-0.25, -0.2) is 4.79 Å². The number of benzene rings is 1. The molecule has 0 bridgehead atoms. The summed E-state index contributed by atoms with van der Waals surface area (Å²) in [6, 6.07) is 11.1. The summed E-state index contributed by atoms with van der Waals surface area (Å²) in [5.74, 6) is -0.348. The number of carbonyl (C=O) groups is 1. The van der Waals surface area contributed by atoms with Crippen molar-refractivity contribution >= 4 is 11.5 Å². The van der Waals surface area contributed by atoms with E-state index in [2.05, 4.69) is 4.98 Å². The van der Waals surface area contributed by atoms with Crippen LogP contribution in [0.15, 0.2) is 54.9 Å². The minimum atomic E-state index is -0.711. The fourth-order valence-corrected chi connectivity index (χ4v) is 2.10. The number of aliphatic hydroxyl groups excluding tert-OH is 1. The second-order valence-corrected chi connectivity index (χ2v) is 4.89. The highest BCUT2D eigenvalue weighted by atomic mass is 16.5. The Bertz CT molecular complexity index is 648. The predicted molar refractivity (Wildman–Crippen MR) is 85.0 cm³/mol. The van der Waals surface area contributed by atoms with Gasteiger partial charge in [0.05, 0.1) is 6.61 Å². The van der Waals surface area contributed by atoms with Crippen LogP contribution < -0.4 is 0 Å². The smallest absolute Gasteiger partial charge is 0.331 e. The van der Waals surface area contributed by atoms with Gasteiger partial charge in [0, 0.05) is 24.0 Å². The Morgan fingerprint density at radius 1 is 1.27 bits per heavy atom. The molecular weight excluding hydrogens is 278 g/mol. The van der Waals surface area contributed by atoms with E-state index in [0.29, 0.717) is 6.61 Å². The van der Waals surface area contributed by atoms with E-state index >= 15 is 0 Å². The number of hydrogen-bond acceptors (Lipinski definition) is 4. The molecule has 1 atom stereocenters. The molecule has 2 aromatic rings. The van der Waals surface area contributed by atoms with Gasteiger partial charge < -0.3 is 9.84 Å². The van der Waals surface area contributed by atoms with Gasteiger partial charge >= 0.3 is 5.97 Å². The lowest BCUT2D eigenvalue weighted by molar-refractivity contribution is -0.137. The Hall–Kier alpha value is -2.46. The van der Waals surface area contributed by atoms with Crippen molar-refractivity contribution in [2.45, 2.75) is 20.0 Å². The van der Waals surface area contributed by atoms with Crippen molar-refractivity contribution < 1.29 is 14.6 Å². The van der Waals surface area contributed by atoms with E-state index in [1.54, 1.807) is 25.4 Å². The number of aliphatic hydroxyl groups is 1. The maximum Gasteiger partial charge on any atom is 0.331 e. The lowest BCUT2D eigenvalue weighted by Gasteiger charge is -2.11. The van der Waals surface area contributed by atoms with Gasteiger partial charge in [-0.2, -0.15) is 0 Å². The summed E-state index contributed by atoms with van der Waals surface area (Å²) >= 11 is 0. The molecule has 0 spiro atoms. The minimum absolute atomic E-state index is 0.348. The van der Waals surface area contributed by atoms with Crippen molar-refractivity contribution in [2.75, 3.05) is 6.61 Å². The first-order chi connectivity index (χ1) is 10.6. The van der Waals surface area contributed by atoms with Crippen LogP contribution in [0, 0.1) is 0 Å². The molecule has 4 nitrogen and oxygen atoms in total. The highest BCUT2D eigenvalue weighted by Crippen LogP contribution is 2.23. The third-order valence-corrected chi connectivity index (χ3v) is 3.30. The molecule has 0 amide bonds. The zero-order valence-electron chi connectivity index (χ0n) is 12.7. The fraction of sp³-hybridized carbons (Fsp3) is 0.222. The number of ether oxygens (including phenoxy) is 1. The monoisotopic (exact) mass is 297 g/mol. The van der Waals surface area contributed by atoms with E-state index in [0.717, 1.165) is 22.3 Å². The Labute approximate surface area is 130 Å². The molecule has 0 saturated heterocycles. The molecular formula is C18H19NO3. The molecule has 1 N–H and O–H groups in total. The van der Waals surface area contributed by atoms with Crippen molar-refractivity contribution in [2.24, 2.45) is 0 Å². The van der Waals surface area contributed by atoms with Crippen LogP contribution in [0.5, 0.6) is 0 Å². The van der Waals surface area contributed by atoms with Crippen molar-refractivity contribution in [3.05, 3.63) is 71.6 Å². The maximum atomic E-state index is 11.4. The first-order valence-electron chi connectivity index (χ1n) is 7.15. The highest BCUT2D eigenvalue weighted by molar-refractivity contribution is 5.90. The topological polar surface area (TPSA) is 59.4 Å². The maximum absolute atomic E-state index is 11.4. The van der Waals surface area contributed by atoms with Crippen LogP contribution in [0.25, 0.3) is 5.57 Å². The number of allylic oxidation sites excluding steroid dienone is 1. The minimum Gasteiger partial charge on any atom is -0.463 e. The Morgan fingerprint density at radius 3 is 2.59 bits per heavy atom. The van der Waals surface area contributed by atoms with Gasteiger partial charge in [-0.1, -0.05) is 30.3 Å². The zero-order chi connectivity index (χ0) is 15.9. The molecule has 0 saturated carbocycles.